The number of ether oxygens (including phenoxy) is 1. The van der Waals surface area contributed by atoms with Crippen LogP contribution >= 0.6 is 11.8 Å². The van der Waals surface area contributed by atoms with E-state index in [1.165, 1.54) is 11.8 Å². The molecule has 0 aliphatic carbocycles. The van der Waals surface area contributed by atoms with Gasteiger partial charge in [0.2, 0.25) is 5.91 Å². The van der Waals surface area contributed by atoms with Crippen LogP contribution in [-0.4, -0.2) is 45.9 Å². The number of benzene rings is 2. The molecule has 0 N–H and O–H groups in total. The molecule has 3 aromatic rings. The minimum atomic E-state index is -0.375. The first kappa shape index (κ1) is 23.0. The molecule has 0 radical (unpaired) electrons. The molecule has 0 bridgehead atoms. The molecule has 1 heterocycles. The summed E-state index contributed by atoms with van der Waals surface area (Å²) in [5.74, 6) is -0.00266. The molecule has 1 unspecified atom stereocenters. The minimum absolute atomic E-state index is 0.00266. The number of para-hydroxylation sites is 1. The lowest BCUT2D eigenvalue weighted by atomic mass is 10.2. The molecule has 0 saturated heterocycles. The van der Waals surface area contributed by atoms with Gasteiger partial charge in [0.05, 0.1) is 16.2 Å². The standard InChI is InChI=1S/C24H29N3O3S/c1-4-30-16-10-15-27-23(29)20-13-8-9-14-21(20)25-24(27)31-18(2)22(28)26(3)17-19-11-6-5-7-12-19/h5-9,11-14,18H,4,10,15-17H2,1-3H3. The highest BCUT2D eigenvalue weighted by atomic mass is 32.2. The van der Waals surface area contributed by atoms with E-state index < -0.39 is 0 Å². The highest BCUT2D eigenvalue weighted by Gasteiger charge is 2.22. The fourth-order valence-corrected chi connectivity index (χ4v) is 4.41. The first-order valence-electron chi connectivity index (χ1n) is 10.5. The second-order valence-corrected chi connectivity index (χ2v) is 8.67. The molecule has 1 amide bonds. The van der Waals surface area contributed by atoms with Gasteiger partial charge in [-0.25, -0.2) is 4.98 Å². The van der Waals surface area contributed by atoms with Gasteiger partial charge in [0.25, 0.3) is 5.56 Å². The van der Waals surface area contributed by atoms with Gasteiger partial charge in [-0.05, 0) is 38.0 Å². The fraction of sp³-hybridized carbons (Fsp3) is 0.375. The SMILES string of the molecule is CCOCCCn1c(SC(C)C(=O)N(C)Cc2ccccc2)nc2ccccc2c1=O. The molecule has 0 fully saturated rings. The minimum Gasteiger partial charge on any atom is -0.382 e. The van der Waals surface area contributed by atoms with Crippen LogP contribution in [0.15, 0.2) is 64.5 Å². The third kappa shape index (κ3) is 5.95. The lowest BCUT2D eigenvalue weighted by Crippen LogP contribution is -2.33. The van der Waals surface area contributed by atoms with Crippen LogP contribution in [0.25, 0.3) is 10.9 Å². The van der Waals surface area contributed by atoms with Gasteiger partial charge in [-0.2, -0.15) is 0 Å². The monoisotopic (exact) mass is 439 g/mol. The highest BCUT2D eigenvalue weighted by molar-refractivity contribution is 8.00. The van der Waals surface area contributed by atoms with Crippen LogP contribution in [0.4, 0.5) is 0 Å². The Labute approximate surface area is 187 Å². The summed E-state index contributed by atoms with van der Waals surface area (Å²) in [7, 11) is 1.80. The van der Waals surface area contributed by atoms with Crippen LogP contribution < -0.4 is 5.56 Å². The maximum absolute atomic E-state index is 13.1. The predicted molar refractivity (Wildman–Crippen MR) is 125 cm³/mol. The smallest absolute Gasteiger partial charge is 0.262 e. The molecule has 0 aliphatic rings. The van der Waals surface area contributed by atoms with Gasteiger partial charge < -0.3 is 9.64 Å². The number of hydrogen-bond acceptors (Lipinski definition) is 5. The topological polar surface area (TPSA) is 64.4 Å². The summed E-state index contributed by atoms with van der Waals surface area (Å²) in [4.78, 5) is 32.5. The van der Waals surface area contributed by atoms with E-state index in [2.05, 4.69) is 0 Å². The summed E-state index contributed by atoms with van der Waals surface area (Å²) in [6, 6.07) is 17.2. The number of carbonyl (C=O) groups is 1. The Morgan fingerprint density at radius 3 is 2.61 bits per heavy atom. The molecule has 6 nitrogen and oxygen atoms in total. The Morgan fingerprint density at radius 1 is 1.16 bits per heavy atom. The van der Waals surface area contributed by atoms with Crippen LogP contribution in [0, 0.1) is 0 Å². The third-order valence-corrected chi connectivity index (χ3v) is 6.05. The number of carbonyl (C=O) groups excluding carboxylic acids is 1. The zero-order valence-electron chi connectivity index (χ0n) is 18.3. The summed E-state index contributed by atoms with van der Waals surface area (Å²) < 4.78 is 7.10. The van der Waals surface area contributed by atoms with E-state index in [0.717, 1.165) is 5.56 Å². The number of aromatic nitrogens is 2. The maximum atomic E-state index is 13.1. The molecule has 0 saturated carbocycles. The van der Waals surface area contributed by atoms with Crippen molar-refractivity contribution in [2.45, 2.75) is 43.8 Å². The summed E-state index contributed by atoms with van der Waals surface area (Å²) in [6.45, 7) is 6.07. The summed E-state index contributed by atoms with van der Waals surface area (Å²) in [6.07, 6.45) is 0.706. The quantitative estimate of drug-likeness (QED) is 0.272. The van der Waals surface area contributed by atoms with Gasteiger partial charge in [-0.15, -0.1) is 0 Å². The van der Waals surface area contributed by atoms with Gasteiger partial charge in [0.15, 0.2) is 5.16 Å². The van der Waals surface area contributed by atoms with Crippen molar-refractivity contribution in [2.24, 2.45) is 0 Å². The summed E-state index contributed by atoms with van der Waals surface area (Å²) in [5.41, 5.74) is 1.64. The van der Waals surface area contributed by atoms with Gasteiger partial charge in [0.1, 0.15) is 0 Å². The van der Waals surface area contributed by atoms with Crippen LogP contribution in [0.2, 0.25) is 0 Å². The van der Waals surface area contributed by atoms with E-state index in [1.54, 1.807) is 22.6 Å². The normalized spacial score (nSPS) is 12.1. The molecule has 0 spiro atoms. The van der Waals surface area contributed by atoms with Crippen LogP contribution in [0.3, 0.4) is 0 Å². The molecule has 7 heteroatoms. The molecule has 2 aromatic carbocycles. The molecular weight excluding hydrogens is 410 g/mol. The zero-order valence-corrected chi connectivity index (χ0v) is 19.1. The van der Waals surface area contributed by atoms with Crippen molar-refractivity contribution < 1.29 is 9.53 Å². The Hall–Kier alpha value is -2.64. The number of hydrogen-bond donors (Lipinski definition) is 0. The first-order chi connectivity index (χ1) is 15.0. The van der Waals surface area contributed by atoms with Crippen LogP contribution in [0.5, 0.6) is 0 Å². The number of thioether (sulfide) groups is 1. The largest absolute Gasteiger partial charge is 0.382 e. The summed E-state index contributed by atoms with van der Waals surface area (Å²) >= 11 is 1.33. The first-order valence-corrected chi connectivity index (χ1v) is 11.4. The van der Waals surface area contributed by atoms with E-state index in [1.807, 2.05) is 62.4 Å². The molecule has 1 atom stereocenters. The lowest BCUT2D eigenvalue weighted by molar-refractivity contribution is -0.129. The molecule has 164 valence electrons. The Bertz CT molecular complexity index is 1070. The molecule has 0 aliphatic heterocycles. The van der Waals surface area contributed by atoms with Crippen molar-refractivity contribution in [2.75, 3.05) is 20.3 Å². The van der Waals surface area contributed by atoms with Gasteiger partial charge in [0, 0.05) is 33.4 Å². The van der Waals surface area contributed by atoms with E-state index in [4.69, 9.17) is 9.72 Å². The third-order valence-electron chi connectivity index (χ3n) is 4.97. The van der Waals surface area contributed by atoms with Crippen LogP contribution in [-0.2, 0) is 22.6 Å². The van der Waals surface area contributed by atoms with E-state index in [0.29, 0.717) is 48.8 Å². The van der Waals surface area contributed by atoms with Crippen molar-refractivity contribution in [3.8, 4) is 0 Å². The number of rotatable bonds is 10. The van der Waals surface area contributed by atoms with Crippen molar-refractivity contribution in [1.29, 1.82) is 0 Å². The van der Waals surface area contributed by atoms with Crippen molar-refractivity contribution in [3.05, 3.63) is 70.5 Å². The van der Waals surface area contributed by atoms with E-state index >= 15 is 0 Å². The highest BCUT2D eigenvalue weighted by Crippen LogP contribution is 2.24. The number of nitrogens with zero attached hydrogens (tertiary/aromatic N) is 3. The number of amides is 1. The Balaban J connectivity index is 1.81. The summed E-state index contributed by atoms with van der Waals surface area (Å²) in [5, 5.41) is 0.775. The second-order valence-electron chi connectivity index (χ2n) is 7.36. The van der Waals surface area contributed by atoms with Gasteiger partial charge in [-0.1, -0.05) is 54.2 Å². The predicted octanol–water partition coefficient (Wildman–Crippen LogP) is 3.96. The van der Waals surface area contributed by atoms with E-state index in [9.17, 15) is 9.59 Å². The number of fused-ring (bicyclic) bond motifs is 1. The maximum Gasteiger partial charge on any atom is 0.262 e. The molecular formula is C24H29N3O3S. The van der Waals surface area contributed by atoms with E-state index in [-0.39, 0.29) is 16.7 Å². The van der Waals surface area contributed by atoms with Crippen molar-refractivity contribution in [1.82, 2.24) is 14.5 Å². The fourth-order valence-electron chi connectivity index (χ4n) is 3.36. The second kappa shape index (κ2) is 11.1. The molecule has 31 heavy (non-hydrogen) atoms. The average molecular weight is 440 g/mol. The Morgan fingerprint density at radius 2 is 1.87 bits per heavy atom. The van der Waals surface area contributed by atoms with Gasteiger partial charge >= 0.3 is 0 Å². The zero-order chi connectivity index (χ0) is 22.2. The van der Waals surface area contributed by atoms with Crippen molar-refractivity contribution >= 4 is 28.6 Å². The lowest BCUT2D eigenvalue weighted by Gasteiger charge is -2.22. The molecule has 1 aromatic heterocycles. The molecule has 3 rings (SSSR count). The van der Waals surface area contributed by atoms with Crippen molar-refractivity contribution in [3.63, 3.8) is 0 Å². The van der Waals surface area contributed by atoms with Crippen LogP contribution in [0.1, 0.15) is 25.8 Å². The average Bonchev–Trinajstić information content (AvgIpc) is 2.78. The van der Waals surface area contributed by atoms with Gasteiger partial charge in [-0.3, -0.25) is 14.2 Å². The Kier molecular flexibility index (Phi) is 8.26.